The van der Waals surface area contributed by atoms with Gasteiger partial charge in [-0.25, -0.2) is 9.37 Å². The lowest BCUT2D eigenvalue weighted by Crippen LogP contribution is -2.15. The molecule has 0 atom stereocenters. The lowest BCUT2D eigenvalue weighted by atomic mass is 10.2. The molecule has 0 unspecified atom stereocenters. The molecule has 1 N–H and O–H groups in total. The maximum Gasteiger partial charge on any atom is 0.258 e. The second kappa shape index (κ2) is 8.91. The molecule has 0 saturated heterocycles. The summed E-state index contributed by atoms with van der Waals surface area (Å²) < 4.78 is 14.9. The number of amides is 1. The molecular formula is C23H17ClFN3O2S. The van der Waals surface area contributed by atoms with Crippen molar-refractivity contribution in [2.24, 2.45) is 0 Å². The smallest absolute Gasteiger partial charge is 0.258 e. The van der Waals surface area contributed by atoms with Crippen LogP contribution in [-0.4, -0.2) is 15.3 Å². The van der Waals surface area contributed by atoms with E-state index in [1.807, 2.05) is 31.2 Å². The van der Waals surface area contributed by atoms with Gasteiger partial charge in [-0.3, -0.25) is 14.0 Å². The van der Waals surface area contributed by atoms with Crippen molar-refractivity contribution in [3.63, 3.8) is 0 Å². The summed E-state index contributed by atoms with van der Waals surface area (Å²) >= 11 is 7.23. The number of hydrogen-bond donors (Lipinski definition) is 1. The Bertz CT molecular complexity index is 1360. The molecule has 4 aromatic rings. The molecule has 5 nitrogen and oxygen atoms in total. The molecule has 0 aliphatic carbocycles. The van der Waals surface area contributed by atoms with Crippen LogP contribution in [0.3, 0.4) is 0 Å². The van der Waals surface area contributed by atoms with Gasteiger partial charge in [-0.1, -0.05) is 23.7 Å². The van der Waals surface area contributed by atoms with E-state index in [9.17, 15) is 14.0 Å². The number of hydrogen-bond acceptors (Lipinski definition) is 4. The van der Waals surface area contributed by atoms with Gasteiger partial charge in [0.1, 0.15) is 11.5 Å². The van der Waals surface area contributed by atoms with E-state index in [1.54, 1.807) is 18.3 Å². The first-order valence-electron chi connectivity index (χ1n) is 9.38. The number of para-hydroxylation sites is 1. The van der Waals surface area contributed by atoms with Gasteiger partial charge in [0.25, 0.3) is 11.5 Å². The Hall–Kier alpha value is -3.16. The number of rotatable bonds is 5. The van der Waals surface area contributed by atoms with Gasteiger partial charge in [0.05, 0.1) is 16.4 Å². The van der Waals surface area contributed by atoms with Crippen LogP contribution in [0.1, 0.15) is 21.6 Å². The van der Waals surface area contributed by atoms with Crippen LogP contribution in [-0.2, 0) is 5.75 Å². The summed E-state index contributed by atoms with van der Waals surface area (Å²) in [7, 11) is 0. The van der Waals surface area contributed by atoms with Gasteiger partial charge in [-0.15, -0.1) is 11.8 Å². The molecule has 0 fully saturated rings. The highest BCUT2D eigenvalue weighted by molar-refractivity contribution is 7.98. The van der Waals surface area contributed by atoms with Crippen molar-refractivity contribution in [2.45, 2.75) is 17.6 Å². The molecule has 0 aliphatic rings. The molecule has 0 saturated carbocycles. The summed E-state index contributed by atoms with van der Waals surface area (Å²) in [4.78, 5) is 30.3. The number of pyridine rings is 1. The molecule has 2 heterocycles. The maximum absolute atomic E-state index is 13.4. The van der Waals surface area contributed by atoms with Gasteiger partial charge in [0, 0.05) is 28.5 Å². The number of aromatic nitrogens is 2. The fourth-order valence-electron chi connectivity index (χ4n) is 3.01. The Kier molecular flexibility index (Phi) is 6.06. The number of benzene rings is 2. The Labute approximate surface area is 186 Å². The number of nitrogens with zero attached hydrogens (tertiary/aromatic N) is 2. The van der Waals surface area contributed by atoms with Crippen molar-refractivity contribution >= 4 is 40.6 Å². The van der Waals surface area contributed by atoms with E-state index >= 15 is 0 Å². The zero-order valence-corrected chi connectivity index (χ0v) is 18.0. The molecule has 8 heteroatoms. The van der Waals surface area contributed by atoms with Crippen molar-refractivity contribution < 1.29 is 9.18 Å². The number of aryl methyl sites for hydroxylation is 1. The normalized spacial score (nSPS) is 10.9. The molecule has 31 heavy (non-hydrogen) atoms. The predicted molar refractivity (Wildman–Crippen MR) is 122 cm³/mol. The van der Waals surface area contributed by atoms with Crippen LogP contribution in [0.2, 0.25) is 5.02 Å². The van der Waals surface area contributed by atoms with Crippen molar-refractivity contribution in [1.29, 1.82) is 0 Å². The molecule has 2 aromatic carbocycles. The van der Waals surface area contributed by atoms with Gasteiger partial charge in [0.2, 0.25) is 0 Å². The number of fused-ring (bicyclic) bond motifs is 1. The predicted octanol–water partition coefficient (Wildman–Crippen LogP) is 5.34. The van der Waals surface area contributed by atoms with E-state index in [2.05, 4.69) is 10.3 Å². The summed E-state index contributed by atoms with van der Waals surface area (Å²) in [6.45, 7) is 1.95. The van der Waals surface area contributed by atoms with Crippen molar-refractivity contribution in [3.05, 3.63) is 105 Å². The lowest BCUT2D eigenvalue weighted by Gasteiger charge is -2.11. The minimum absolute atomic E-state index is 0.112. The number of anilines is 1. The monoisotopic (exact) mass is 453 g/mol. The third kappa shape index (κ3) is 4.78. The summed E-state index contributed by atoms with van der Waals surface area (Å²) in [5, 5.41) is 2.72. The van der Waals surface area contributed by atoms with Crippen LogP contribution in [0, 0.1) is 12.7 Å². The third-order valence-electron chi connectivity index (χ3n) is 4.57. The Morgan fingerprint density at radius 2 is 1.97 bits per heavy atom. The summed E-state index contributed by atoms with van der Waals surface area (Å²) in [6.07, 6.45) is 1.71. The quantitative estimate of drug-likeness (QED) is 0.414. The van der Waals surface area contributed by atoms with Gasteiger partial charge in [-0.05, 0) is 55.0 Å². The highest BCUT2D eigenvalue weighted by Crippen LogP contribution is 2.30. The number of carbonyl (C=O) groups is 1. The van der Waals surface area contributed by atoms with Gasteiger partial charge in [0.15, 0.2) is 0 Å². The van der Waals surface area contributed by atoms with Crippen LogP contribution in [0.5, 0.6) is 0 Å². The Morgan fingerprint density at radius 1 is 1.16 bits per heavy atom. The Balaban J connectivity index is 1.54. The molecule has 156 valence electrons. The summed E-state index contributed by atoms with van der Waals surface area (Å²) in [5.41, 5.74) is 2.98. The molecule has 4 rings (SSSR count). The minimum atomic E-state index is -0.580. The fourth-order valence-corrected chi connectivity index (χ4v) is 4.09. The molecule has 0 radical (unpaired) electrons. The average Bonchev–Trinajstić information content (AvgIpc) is 2.74. The van der Waals surface area contributed by atoms with Gasteiger partial charge >= 0.3 is 0 Å². The Morgan fingerprint density at radius 3 is 2.77 bits per heavy atom. The first kappa shape index (κ1) is 21.1. The molecule has 2 aromatic heterocycles. The first-order chi connectivity index (χ1) is 14.9. The lowest BCUT2D eigenvalue weighted by molar-refractivity contribution is 0.102. The summed E-state index contributed by atoms with van der Waals surface area (Å²) in [6, 6.07) is 16.4. The van der Waals surface area contributed by atoms with E-state index in [1.165, 1.54) is 34.4 Å². The average molecular weight is 454 g/mol. The van der Waals surface area contributed by atoms with Crippen LogP contribution in [0.15, 0.2) is 76.6 Å². The van der Waals surface area contributed by atoms with Crippen LogP contribution < -0.4 is 10.9 Å². The molecule has 0 bridgehead atoms. The van der Waals surface area contributed by atoms with Crippen LogP contribution in [0.25, 0.3) is 5.65 Å². The fraction of sp³-hybridized carbons (Fsp3) is 0.0870. The van der Waals surface area contributed by atoms with Gasteiger partial charge < -0.3 is 5.32 Å². The van der Waals surface area contributed by atoms with E-state index in [0.717, 1.165) is 16.5 Å². The second-order valence-corrected chi connectivity index (χ2v) is 8.31. The SMILES string of the molecule is Cc1ccn2c(=O)cc(CSc3ccccc3NC(=O)c3ccc(F)c(Cl)c3)nc2c1. The number of halogens is 2. The molecule has 1 amide bonds. The zero-order chi connectivity index (χ0) is 22.0. The van der Waals surface area contributed by atoms with Crippen molar-refractivity contribution in [1.82, 2.24) is 9.38 Å². The number of nitrogens with one attached hydrogen (secondary N) is 1. The van der Waals surface area contributed by atoms with E-state index in [0.29, 0.717) is 22.8 Å². The largest absolute Gasteiger partial charge is 0.321 e. The minimum Gasteiger partial charge on any atom is -0.321 e. The van der Waals surface area contributed by atoms with Crippen molar-refractivity contribution in [3.8, 4) is 0 Å². The number of thioether (sulfide) groups is 1. The second-order valence-electron chi connectivity index (χ2n) is 6.89. The topological polar surface area (TPSA) is 63.5 Å². The summed E-state index contributed by atoms with van der Waals surface area (Å²) in [5.74, 6) is -0.523. The standard InChI is InChI=1S/C23H17ClFN3O2S/c1-14-8-9-28-21(10-14)26-16(12-22(28)29)13-31-20-5-3-2-4-19(20)27-23(30)15-6-7-18(25)17(24)11-15/h2-12H,13H2,1H3,(H,27,30). The van der Waals surface area contributed by atoms with Crippen molar-refractivity contribution in [2.75, 3.05) is 5.32 Å². The van der Waals surface area contributed by atoms with Gasteiger partial charge in [-0.2, -0.15) is 0 Å². The maximum atomic E-state index is 13.4. The highest BCUT2D eigenvalue weighted by atomic mass is 35.5. The highest BCUT2D eigenvalue weighted by Gasteiger charge is 2.12. The first-order valence-corrected chi connectivity index (χ1v) is 10.7. The molecule has 0 aliphatic heterocycles. The molecule has 0 spiro atoms. The zero-order valence-electron chi connectivity index (χ0n) is 16.4. The van der Waals surface area contributed by atoms with Crippen LogP contribution >= 0.6 is 23.4 Å². The van der Waals surface area contributed by atoms with E-state index < -0.39 is 11.7 Å². The number of carbonyl (C=O) groups excluding carboxylic acids is 1. The van der Waals surface area contributed by atoms with E-state index in [4.69, 9.17) is 11.6 Å². The third-order valence-corrected chi connectivity index (χ3v) is 5.97. The van der Waals surface area contributed by atoms with E-state index in [-0.39, 0.29) is 16.1 Å². The molecular weight excluding hydrogens is 437 g/mol. The van der Waals surface area contributed by atoms with Crippen LogP contribution in [0.4, 0.5) is 10.1 Å².